The van der Waals surface area contributed by atoms with Crippen molar-refractivity contribution >= 4 is 21.6 Å². The third kappa shape index (κ3) is 3.73. The third-order valence-electron chi connectivity index (χ3n) is 4.76. The number of fused-ring (bicyclic) bond motifs is 1. The molecule has 5 nitrogen and oxygen atoms in total. The van der Waals surface area contributed by atoms with Crippen LogP contribution in [0.15, 0.2) is 47.3 Å². The predicted octanol–water partition coefficient (Wildman–Crippen LogP) is 5.00. The summed E-state index contributed by atoms with van der Waals surface area (Å²) in [5, 5.41) is 0.637. The van der Waals surface area contributed by atoms with Gasteiger partial charge in [-0.15, -0.1) is 11.3 Å². The molecule has 0 fully saturated rings. The minimum Gasteiger partial charge on any atom is -0.493 e. The molecular formula is C22H19FN2O3S. The molecule has 0 bridgehead atoms. The molecule has 0 saturated heterocycles. The molecule has 0 unspecified atom stereocenters. The first kappa shape index (κ1) is 19.1. The number of rotatable bonds is 5. The van der Waals surface area contributed by atoms with Crippen LogP contribution >= 0.6 is 11.3 Å². The van der Waals surface area contributed by atoms with E-state index in [1.807, 2.05) is 13.8 Å². The average molecular weight is 410 g/mol. The second-order valence-corrected chi connectivity index (χ2v) is 7.87. The molecule has 1 N–H and O–H groups in total. The molecule has 2 aromatic heterocycles. The maximum Gasteiger partial charge on any atom is 0.260 e. The zero-order chi connectivity index (χ0) is 20.5. The summed E-state index contributed by atoms with van der Waals surface area (Å²) < 4.78 is 24.6. The van der Waals surface area contributed by atoms with Gasteiger partial charge in [0.2, 0.25) is 0 Å². The number of halogens is 1. The number of H-pyrrole nitrogens is 1. The van der Waals surface area contributed by atoms with E-state index in [9.17, 15) is 9.18 Å². The van der Waals surface area contributed by atoms with E-state index in [0.717, 1.165) is 16.0 Å². The monoisotopic (exact) mass is 410 g/mol. The van der Waals surface area contributed by atoms with E-state index in [2.05, 4.69) is 9.97 Å². The number of hydrogen-bond acceptors (Lipinski definition) is 5. The molecule has 0 atom stereocenters. The Morgan fingerprint density at radius 2 is 1.97 bits per heavy atom. The summed E-state index contributed by atoms with van der Waals surface area (Å²) in [6.07, 6.45) is 0. The molecule has 29 heavy (non-hydrogen) atoms. The van der Waals surface area contributed by atoms with Crippen LogP contribution in [-0.2, 0) is 6.61 Å². The van der Waals surface area contributed by atoms with Gasteiger partial charge in [-0.1, -0.05) is 12.1 Å². The van der Waals surface area contributed by atoms with Gasteiger partial charge in [-0.3, -0.25) is 4.79 Å². The molecular weight excluding hydrogens is 391 g/mol. The number of ether oxygens (including phenoxy) is 2. The van der Waals surface area contributed by atoms with Crippen molar-refractivity contribution in [2.24, 2.45) is 0 Å². The smallest absolute Gasteiger partial charge is 0.260 e. The van der Waals surface area contributed by atoms with Crippen LogP contribution in [0.1, 0.15) is 16.0 Å². The highest BCUT2D eigenvalue weighted by molar-refractivity contribution is 7.18. The Labute approximate surface area is 170 Å². The fraction of sp³-hybridized carbons (Fsp3) is 0.182. The molecule has 0 aliphatic carbocycles. The summed E-state index contributed by atoms with van der Waals surface area (Å²) in [6.45, 7) is 4.12. The lowest BCUT2D eigenvalue weighted by Gasteiger charge is -2.12. The van der Waals surface area contributed by atoms with Gasteiger partial charge in [-0.05, 0) is 55.3 Å². The summed E-state index contributed by atoms with van der Waals surface area (Å²) in [6, 6.07) is 11.6. The molecule has 4 rings (SSSR count). The number of hydrogen-bond donors (Lipinski definition) is 1. The van der Waals surface area contributed by atoms with Crippen LogP contribution in [0.2, 0.25) is 0 Å². The van der Waals surface area contributed by atoms with Crippen molar-refractivity contribution in [1.29, 1.82) is 0 Å². The number of nitrogens with one attached hydrogen (secondary N) is 1. The molecule has 0 amide bonds. The minimum atomic E-state index is -0.308. The fourth-order valence-corrected chi connectivity index (χ4v) is 4.14. The number of methoxy groups -OCH3 is 1. The molecule has 0 spiro atoms. The minimum absolute atomic E-state index is 0.155. The van der Waals surface area contributed by atoms with Crippen LogP contribution < -0.4 is 15.0 Å². The Kier molecular flexibility index (Phi) is 5.07. The standard InChI is InChI=1S/C22H19FN2O3S/c1-12-13(2)29-22-19(12)21(26)24-20(25-22)15-7-8-17(18(10-15)27-3)28-11-14-5-4-6-16(23)9-14/h4-10H,11H2,1-3H3,(H,24,25,26). The second-order valence-electron chi connectivity index (χ2n) is 6.66. The lowest BCUT2D eigenvalue weighted by molar-refractivity contribution is 0.284. The van der Waals surface area contributed by atoms with E-state index in [1.165, 1.54) is 23.5 Å². The molecule has 0 saturated carbocycles. The van der Waals surface area contributed by atoms with Crippen molar-refractivity contribution < 1.29 is 13.9 Å². The quantitative estimate of drug-likeness (QED) is 0.503. The molecule has 0 aliphatic rings. The van der Waals surface area contributed by atoms with E-state index >= 15 is 0 Å². The number of benzene rings is 2. The Morgan fingerprint density at radius 1 is 1.14 bits per heavy atom. The van der Waals surface area contributed by atoms with Gasteiger partial charge in [0.1, 0.15) is 23.1 Å². The van der Waals surface area contributed by atoms with Gasteiger partial charge in [-0.2, -0.15) is 0 Å². The number of aryl methyl sites for hydroxylation is 2. The number of aromatic amines is 1. The summed E-state index contributed by atoms with van der Waals surface area (Å²) in [7, 11) is 1.54. The van der Waals surface area contributed by atoms with Crippen molar-refractivity contribution in [3.05, 3.63) is 74.6 Å². The summed E-state index contributed by atoms with van der Waals surface area (Å²) in [4.78, 5) is 21.8. The first-order valence-electron chi connectivity index (χ1n) is 9.02. The van der Waals surface area contributed by atoms with E-state index in [4.69, 9.17) is 9.47 Å². The van der Waals surface area contributed by atoms with Crippen molar-refractivity contribution in [3.63, 3.8) is 0 Å². The topological polar surface area (TPSA) is 64.2 Å². The van der Waals surface area contributed by atoms with Crippen LogP contribution in [0, 0.1) is 19.7 Å². The average Bonchev–Trinajstić information content (AvgIpc) is 3.00. The van der Waals surface area contributed by atoms with E-state index < -0.39 is 0 Å². The lowest BCUT2D eigenvalue weighted by Crippen LogP contribution is -2.09. The largest absolute Gasteiger partial charge is 0.493 e. The third-order valence-corrected chi connectivity index (χ3v) is 5.86. The van der Waals surface area contributed by atoms with Gasteiger partial charge < -0.3 is 14.5 Å². The SMILES string of the molecule is COc1cc(-c2nc3sc(C)c(C)c3c(=O)[nH]2)ccc1OCc1cccc(F)c1. The van der Waals surface area contributed by atoms with Gasteiger partial charge >= 0.3 is 0 Å². The van der Waals surface area contributed by atoms with Crippen molar-refractivity contribution in [1.82, 2.24) is 9.97 Å². The number of nitrogens with zero attached hydrogens (tertiary/aromatic N) is 1. The van der Waals surface area contributed by atoms with Gasteiger partial charge in [0.25, 0.3) is 5.56 Å². The number of thiophene rings is 1. The fourth-order valence-electron chi connectivity index (χ4n) is 3.11. The van der Waals surface area contributed by atoms with E-state index in [-0.39, 0.29) is 18.0 Å². The Morgan fingerprint density at radius 3 is 2.72 bits per heavy atom. The van der Waals surface area contributed by atoms with Crippen molar-refractivity contribution in [2.45, 2.75) is 20.5 Å². The molecule has 2 aromatic carbocycles. The Balaban J connectivity index is 1.66. The van der Waals surface area contributed by atoms with Gasteiger partial charge in [0, 0.05) is 10.4 Å². The normalized spacial score (nSPS) is 11.0. The summed E-state index contributed by atoms with van der Waals surface area (Å²) >= 11 is 1.50. The Bertz CT molecular complexity index is 1260. The van der Waals surface area contributed by atoms with Crippen molar-refractivity contribution in [3.8, 4) is 22.9 Å². The highest BCUT2D eigenvalue weighted by Gasteiger charge is 2.14. The molecule has 0 radical (unpaired) electrons. The maximum absolute atomic E-state index is 13.3. The van der Waals surface area contributed by atoms with E-state index in [0.29, 0.717) is 33.1 Å². The van der Waals surface area contributed by atoms with Gasteiger partial charge in [0.15, 0.2) is 11.5 Å². The van der Waals surface area contributed by atoms with Gasteiger partial charge in [0.05, 0.1) is 12.5 Å². The Hall–Kier alpha value is -3.19. The first-order chi connectivity index (χ1) is 14.0. The van der Waals surface area contributed by atoms with E-state index in [1.54, 1.807) is 37.4 Å². The summed E-state index contributed by atoms with van der Waals surface area (Å²) in [5.74, 6) is 1.18. The molecule has 4 aromatic rings. The van der Waals surface area contributed by atoms with Crippen LogP contribution in [-0.4, -0.2) is 17.1 Å². The van der Waals surface area contributed by atoms with Gasteiger partial charge in [-0.25, -0.2) is 9.37 Å². The predicted molar refractivity (Wildman–Crippen MR) is 112 cm³/mol. The molecule has 2 heterocycles. The van der Waals surface area contributed by atoms with Crippen LogP contribution in [0.25, 0.3) is 21.6 Å². The first-order valence-corrected chi connectivity index (χ1v) is 9.83. The second kappa shape index (κ2) is 7.67. The number of aromatic nitrogens is 2. The molecule has 148 valence electrons. The van der Waals surface area contributed by atoms with Crippen LogP contribution in [0.5, 0.6) is 11.5 Å². The van der Waals surface area contributed by atoms with Crippen LogP contribution in [0.3, 0.4) is 0 Å². The zero-order valence-corrected chi connectivity index (χ0v) is 17.0. The zero-order valence-electron chi connectivity index (χ0n) is 16.2. The molecule has 0 aliphatic heterocycles. The highest BCUT2D eigenvalue weighted by Crippen LogP contribution is 2.33. The maximum atomic E-state index is 13.3. The lowest BCUT2D eigenvalue weighted by atomic mass is 10.1. The highest BCUT2D eigenvalue weighted by atomic mass is 32.1. The van der Waals surface area contributed by atoms with Crippen molar-refractivity contribution in [2.75, 3.05) is 7.11 Å². The molecule has 7 heteroatoms. The summed E-state index contributed by atoms with van der Waals surface area (Å²) in [5.41, 5.74) is 2.24. The van der Waals surface area contributed by atoms with Crippen LogP contribution in [0.4, 0.5) is 4.39 Å².